The molecule has 0 aromatic heterocycles. The summed E-state index contributed by atoms with van der Waals surface area (Å²) in [6, 6.07) is 19.4. The van der Waals surface area contributed by atoms with Crippen LogP contribution < -0.4 is 19.5 Å². The largest absolute Gasteiger partial charge is 0.508 e. The minimum atomic E-state index is -0.536. The molecule has 51 heavy (non-hydrogen) atoms. The number of phenolic OH excluding ortho intramolecular Hbond substituents is 2. The molecule has 0 unspecified atom stereocenters. The van der Waals surface area contributed by atoms with Gasteiger partial charge in [0.25, 0.3) is 0 Å². The van der Waals surface area contributed by atoms with E-state index in [-0.39, 0.29) is 42.6 Å². The highest BCUT2D eigenvalue weighted by Gasteiger charge is 2.41. The summed E-state index contributed by atoms with van der Waals surface area (Å²) in [5, 5.41) is 35.2. The molecule has 0 radical (unpaired) electrons. The second-order valence-electron chi connectivity index (χ2n) is 14.0. The summed E-state index contributed by atoms with van der Waals surface area (Å²) in [7, 11) is 3.14. The van der Waals surface area contributed by atoms with Gasteiger partial charge in [0.15, 0.2) is 11.5 Å². The van der Waals surface area contributed by atoms with Crippen molar-refractivity contribution >= 4 is 5.97 Å². The molecule has 0 amide bonds. The summed E-state index contributed by atoms with van der Waals surface area (Å²) in [4.78, 5) is 12.2. The third-order valence-electron chi connectivity index (χ3n) is 10.9. The fourth-order valence-corrected chi connectivity index (χ4v) is 8.51. The van der Waals surface area contributed by atoms with Crippen LogP contribution in [0.15, 0.2) is 60.7 Å². The molecular weight excluding hydrogens is 646 g/mol. The Labute approximate surface area is 299 Å². The Balaban J connectivity index is 1.28. The van der Waals surface area contributed by atoms with E-state index in [9.17, 15) is 20.1 Å². The molecule has 4 N–H and O–H groups in total. The maximum absolute atomic E-state index is 12.2. The van der Waals surface area contributed by atoms with E-state index in [1.165, 1.54) is 33.3 Å². The van der Waals surface area contributed by atoms with Gasteiger partial charge in [-0.25, -0.2) is 0 Å². The Morgan fingerprint density at radius 3 is 2.49 bits per heavy atom. The first kappa shape index (κ1) is 34.7. The molecular formula is C42H47NO8. The van der Waals surface area contributed by atoms with Crippen molar-refractivity contribution in [3.05, 3.63) is 99.6 Å². The van der Waals surface area contributed by atoms with Crippen LogP contribution in [0.5, 0.6) is 28.7 Å². The van der Waals surface area contributed by atoms with Crippen molar-refractivity contribution in [2.75, 3.05) is 20.8 Å². The summed E-state index contributed by atoms with van der Waals surface area (Å²) in [5.74, 6) is 1.64. The van der Waals surface area contributed by atoms with Crippen molar-refractivity contribution < 1.29 is 39.1 Å². The van der Waals surface area contributed by atoms with Crippen LogP contribution in [0.1, 0.15) is 96.0 Å². The van der Waals surface area contributed by atoms with Gasteiger partial charge in [-0.2, -0.15) is 0 Å². The number of aromatic hydroxyl groups is 2. The number of ether oxygens (including phenoxy) is 4. The van der Waals surface area contributed by atoms with Crippen LogP contribution in [0.3, 0.4) is 0 Å². The normalized spacial score (nSPS) is 18.6. The molecule has 4 aromatic rings. The molecule has 1 aliphatic heterocycles. The summed E-state index contributed by atoms with van der Waals surface area (Å²) in [6.45, 7) is 1.96. The van der Waals surface area contributed by atoms with Crippen LogP contribution >= 0.6 is 0 Å². The Bertz CT molecular complexity index is 1900. The first-order valence-electron chi connectivity index (χ1n) is 18.0. The molecule has 0 bridgehead atoms. The molecule has 9 heteroatoms. The van der Waals surface area contributed by atoms with E-state index in [1.807, 2.05) is 24.3 Å². The molecule has 3 aliphatic rings. The van der Waals surface area contributed by atoms with E-state index in [4.69, 9.17) is 18.9 Å². The zero-order chi connectivity index (χ0) is 35.6. The molecule has 268 valence electrons. The van der Waals surface area contributed by atoms with Crippen LogP contribution in [-0.4, -0.2) is 42.1 Å². The van der Waals surface area contributed by atoms with Crippen LogP contribution in [-0.2, 0) is 35.5 Å². The molecule has 4 aromatic carbocycles. The van der Waals surface area contributed by atoms with Gasteiger partial charge in [-0.05, 0) is 77.6 Å². The van der Waals surface area contributed by atoms with Crippen molar-refractivity contribution in [3.63, 3.8) is 0 Å². The zero-order valence-corrected chi connectivity index (χ0v) is 29.5. The van der Waals surface area contributed by atoms with E-state index in [2.05, 4.69) is 23.5 Å². The van der Waals surface area contributed by atoms with E-state index >= 15 is 0 Å². The minimum absolute atomic E-state index is 0.0183. The average molecular weight is 694 g/mol. The van der Waals surface area contributed by atoms with Crippen molar-refractivity contribution in [3.8, 4) is 39.9 Å². The van der Waals surface area contributed by atoms with Gasteiger partial charge in [-0.3, -0.25) is 4.79 Å². The number of rotatable bonds is 11. The third-order valence-corrected chi connectivity index (χ3v) is 10.9. The Morgan fingerprint density at radius 1 is 0.941 bits per heavy atom. The lowest BCUT2D eigenvalue weighted by Crippen LogP contribution is -2.30. The van der Waals surface area contributed by atoms with E-state index in [0.29, 0.717) is 36.8 Å². The number of methoxy groups -OCH3 is 2. The first-order valence-corrected chi connectivity index (χ1v) is 18.0. The highest BCUT2D eigenvalue weighted by atomic mass is 16.5. The number of phenols is 2. The predicted molar refractivity (Wildman–Crippen MR) is 193 cm³/mol. The Kier molecular flexibility index (Phi) is 10.1. The summed E-state index contributed by atoms with van der Waals surface area (Å²) >= 11 is 0. The number of carbonyl (C=O) groups excluding carboxylic acids is 1. The van der Waals surface area contributed by atoms with Crippen LogP contribution in [0.25, 0.3) is 11.1 Å². The van der Waals surface area contributed by atoms with Crippen LogP contribution in [0, 0.1) is 5.92 Å². The van der Waals surface area contributed by atoms with Gasteiger partial charge in [-0.15, -0.1) is 0 Å². The van der Waals surface area contributed by atoms with Crippen molar-refractivity contribution in [1.82, 2.24) is 5.32 Å². The highest BCUT2D eigenvalue weighted by molar-refractivity contribution is 5.82. The SMILES string of the molecule is COc1cc([C@H]2Oc3c(ccc4c3CCc3cc(O)cc(OC)c3-4)[C@H]2COC(C)=O)c(CN[C@@H](c2cccc(CO)c2)C2CCCCC2)cc1O. The highest BCUT2D eigenvalue weighted by Crippen LogP contribution is 2.54. The van der Waals surface area contributed by atoms with Gasteiger partial charge < -0.3 is 39.6 Å². The fraction of sp³-hybridized carbons (Fsp3) is 0.405. The number of hydrogen-bond acceptors (Lipinski definition) is 9. The smallest absolute Gasteiger partial charge is 0.302 e. The number of aliphatic hydroxyl groups excluding tert-OH is 1. The summed E-state index contributed by atoms with van der Waals surface area (Å²) < 4.78 is 24.0. The molecule has 9 nitrogen and oxygen atoms in total. The van der Waals surface area contributed by atoms with Gasteiger partial charge in [0.1, 0.15) is 30.0 Å². The molecule has 1 heterocycles. The average Bonchev–Trinajstić information content (AvgIpc) is 3.52. The Morgan fingerprint density at radius 2 is 1.75 bits per heavy atom. The molecule has 7 rings (SSSR count). The van der Waals surface area contributed by atoms with Crippen LogP contribution in [0.4, 0.5) is 0 Å². The minimum Gasteiger partial charge on any atom is -0.508 e. The standard InChI is InChI=1S/C42H47NO8/c1-24(45)50-23-35-33-15-14-31-32(13-12-27-17-30(46)19-38(49-3)39(27)31)41(33)51-42(35)34-20-37(48-2)36(47)18-29(34)21-43-40(26-9-5-4-6-10-26)28-11-7-8-25(16-28)22-44/h7-8,11,14-20,26,35,40,42-44,46-47H,4-6,9-10,12-13,21-23H2,1-3H3/t35-,40-,42-/m1/s1. The Hall–Kier alpha value is -4.73. The maximum atomic E-state index is 12.2. The molecule has 0 saturated heterocycles. The van der Waals surface area contributed by atoms with E-state index < -0.39 is 6.10 Å². The number of aliphatic hydroxyl groups is 1. The van der Waals surface area contributed by atoms with Gasteiger partial charge in [0.2, 0.25) is 0 Å². The molecule has 2 aliphatic carbocycles. The number of fused-ring (bicyclic) bond motifs is 5. The van der Waals surface area contributed by atoms with Crippen molar-refractivity contribution in [2.24, 2.45) is 5.92 Å². The number of hydrogen-bond donors (Lipinski definition) is 4. The van der Waals surface area contributed by atoms with Crippen molar-refractivity contribution in [2.45, 2.75) is 83.1 Å². The van der Waals surface area contributed by atoms with Crippen LogP contribution in [0.2, 0.25) is 0 Å². The summed E-state index contributed by atoms with van der Waals surface area (Å²) in [6.07, 6.45) is 6.71. The number of benzene rings is 4. The van der Waals surface area contributed by atoms with Crippen molar-refractivity contribution in [1.29, 1.82) is 0 Å². The second-order valence-corrected chi connectivity index (χ2v) is 14.0. The fourth-order valence-electron chi connectivity index (χ4n) is 8.51. The van der Waals surface area contributed by atoms with Gasteiger partial charge in [0.05, 0.1) is 26.7 Å². The topological polar surface area (TPSA) is 127 Å². The predicted octanol–water partition coefficient (Wildman–Crippen LogP) is 7.56. The zero-order valence-electron chi connectivity index (χ0n) is 29.5. The van der Waals surface area contributed by atoms with Gasteiger partial charge in [-0.1, -0.05) is 55.7 Å². The lowest BCUT2D eigenvalue weighted by molar-refractivity contribution is -0.141. The lowest BCUT2D eigenvalue weighted by atomic mass is 9.80. The third kappa shape index (κ3) is 6.85. The lowest BCUT2D eigenvalue weighted by Gasteiger charge is -2.32. The first-order chi connectivity index (χ1) is 24.8. The number of aryl methyl sites for hydroxylation is 1. The van der Waals surface area contributed by atoms with E-state index in [0.717, 1.165) is 68.7 Å². The maximum Gasteiger partial charge on any atom is 0.302 e. The number of nitrogens with one attached hydrogen (secondary N) is 1. The monoisotopic (exact) mass is 693 g/mol. The molecule has 1 fully saturated rings. The number of esters is 1. The quantitative estimate of drug-likeness (QED) is 0.118. The van der Waals surface area contributed by atoms with Gasteiger partial charge in [0, 0.05) is 47.8 Å². The number of carbonyl (C=O) groups is 1. The van der Waals surface area contributed by atoms with E-state index in [1.54, 1.807) is 25.3 Å². The summed E-state index contributed by atoms with van der Waals surface area (Å²) in [5.41, 5.74) is 8.66. The van der Waals surface area contributed by atoms with Gasteiger partial charge >= 0.3 is 5.97 Å². The molecule has 1 saturated carbocycles. The molecule has 3 atom stereocenters. The molecule has 0 spiro atoms. The second kappa shape index (κ2) is 14.9.